The van der Waals surface area contributed by atoms with Crippen molar-refractivity contribution in [3.05, 3.63) is 65.2 Å². The average molecular weight is 412 g/mol. The van der Waals surface area contributed by atoms with Gasteiger partial charge in [-0.1, -0.05) is 18.5 Å². The highest BCUT2D eigenvalue weighted by atomic mass is 35.5. The molecule has 10 heteroatoms. The van der Waals surface area contributed by atoms with Crippen LogP contribution in [0.2, 0.25) is 5.02 Å². The normalized spacial score (nSPS) is 12.8. The van der Waals surface area contributed by atoms with Crippen LogP contribution in [-0.2, 0) is 12.7 Å². The number of benzene rings is 1. The van der Waals surface area contributed by atoms with Gasteiger partial charge in [0.15, 0.2) is 5.69 Å². The van der Waals surface area contributed by atoms with Gasteiger partial charge in [0.25, 0.3) is 5.91 Å². The Labute approximate surface area is 163 Å². The molecular weight excluding hydrogens is 395 g/mol. The summed E-state index contributed by atoms with van der Waals surface area (Å²) in [5, 5.41) is 10.8. The number of alkyl halides is 3. The molecule has 0 saturated carbocycles. The molecule has 2 aromatic heterocycles. The Bertz CT molecular complexity index is 935. The lowest BCUT2D eigenvalue weighted by Gasteiger charge is -2.15. The molecule has 1 aromatic carbocycles. The molecule has 0 aliphatic carbocycles. The number of amides is 1. The van der Waals surface area contributed by atoms with Crippen LogP contribution >= 0.6 is 11.6 Å². The number of nitrogens with zero attached hydrogens (tertiary/aromatic N) is 4. The molecule has 0 aliphatic rings. The Morgan fingerprint density at radius 1 is 1.25 bits per heavy atom. The van der Waals surface area contributed by atoms with Crippen molar-refractivity contribution in [2.24, 2.45) is 5.92 Å². The van der Waals surface area contributed by atoms with E-state index in [1.165, 1.54) is 24.3 Å². The lowest BCUT2D eigenvalue weighted by molar-refractivity contribution is -0.143. The number of halogens is 4. The molecule has 0 saturated heterocycles. The predicted molar refractivity (Wildman–Crippen MR) is 97.3 cm³/mol. The summed E-state index contributed by atoms with van der Waals surface area (Å²) in [5.74, 6) is -0.857. The largest absolute Gasteiger partial charge is 0.434 e. The Morgan fingerprint density at radius 3 is 2.57 bits per heavy atom. The van der Waals surface area contributed by atoms with E-state index in [0.29, 0.717) is 16.2 Å². The average Bonchev–Trinajstić information content (AvgIpc) is 3.29. The molecule has 1 amide bonds. The van der Waals surface area contributed by atoms with E-state index in [-0.39, 0.29) is 18.2 Å². The zero-order valence-corrected chi connectivity index (χ0v) is 15.6. The van der Waals surface area contributed by atoms with E-state index in [1.54, 1.807) is 23.1 Å². The van der Waals surface area contributed by atoms with Gasteiger partial charge >= 0.3 is 6.18 Å². The SMILES string of the molecule is CC(CNC(=O)c1cnn(-c2ccc(Cl)cc2)c1C(F)(F)F)Cn1cccn1. The first-order valence-corrected chi connectivity index (χ1v) is 8.80. The summed E-state index contributed by atoms with van der Waals surface area (Å²) in [7, 11) is 0. The van der Waals surface area contributed by atoms with E-state index in [9.17, 15) is 18.0 Å². The standard InChI is InChI=1S/C18H17ClF3N5O/c1-12(11-26-8-2-7-24-26)9-23-17(28)15-10-25-27(16(15)18(20,21)22)14-5-3-13(19)4-6-14/h2-8,10,12H,9,11H2,1H3,(H,23,28). The van der Waals surface area contributed by atoms with Gasteiger partial charge in [-0.2, -0.15) is 23.4 Å². The molecule has 3 aromatic rings. The van der Waals surface area contributed by atoms with Gasteiger partial charge in [-0.05, 0) is 36.2 Å². The third-order valence-corrected chi connectivity index (χ3v) is 4.27. The molecule has 28 heavy (non-hydrogen) atoms. The van der Waals surface area contributed by atoms with Crippen molar-refractivity contribution in [3.63, 3.8) is 0 Å². The fraction of sp³-hybridized carbons (Fsp3) is 0.278. The number of rotatable bonds is 6. The molecule has 0 spiro atoms. The third kappa shape index (κ3) is 4.53. The van der Waals surface area contributed by atoms with Crippen molar-refractivity contribution in [2.75, 3.05) is 6.54 Å². The van der Waals surface area contributed by atoms with Crippen molar-refractivity contribution in [3.8, 4) is 5.69 Å². The van der Waals surface area contributed by atoms with Gasteiger partial charge < -0.3 is 5.32 Å². The Balaban J connectivity index is 1.79. The third-order valence-electron chi connectivity index (χ3n) is 4.02. The summed E-state index contributed by atoms with van der Waals surface area (Å²) in [6, 6.07) is 7.48. The minimum absolute atomic E-state index is 0.0236. The Morgan fingerprint density at radius 2 is 1.96 bits per heavy atom. The van der Waals surface area contributed by atoms with E-state index >= 15 is 0 Å². The number of carbonyl (C=O) groups excluding carboxylic acids is 1. The number of aromatic nitrogens is 4. The van der Waals surface area contributed by atoms with E-state index < -0.39 is 23.3 Å². The second kappa shape index (κ2) is 8.05. The second-order valence-corrected chi connectivity index (χ2v) is 6.77. The maximum Gasteiger partial charge on any atom is 0.434 e. The van der Waals surface area contributed by atoms with Gasteiger partial charge in [0.2, 0.25) is 0 Å². The van der Waals surface area contributed by atoms with Crippen LogP contribution in [0.4, 0.5) is 13.2 Å². The monoisotopic (exact) mass is 411 g/mol. The number of nitrogens with one attached hydrogen (secondary N) is 1. The van der Waals surface area contributed by atoms with Crippen LogP contribution in [0.25, 0.3) is 5.69 Å². The van der Waals surface area contributed by atoms with Gasteiger partial charge in [0.1, 0.15) is 0 Å². The molecule has 0 fully saturated rings. The molecular formula is C18H17ClF3N5O. The molecule has 6 nitrogen and oxygen atoms in total. The van der Waals surface area contributed by atoms with Crippen LogP contribution in [-0.4, -0.2) is 32.0 Å². The zero-order valence-electron chi connectivity index (χ0n) is 14.8. The number of carbonyl (C=O) groups is 1. The first-order chi connectivity index (χ1) is 13.3. The Kier molecular flexibility index (Phi) is 5.73. The zero-order chi connectivity index (χ0) is 20.3. The van der Waals surface area contributed by atoms with Crippen LogP contribution in [0.1, 0.15) is 23.0 Å². The lowest BCUT2D eigenvalue weighted by atomic mass is 10.1. The van der Waals surface area contributed by atoms with E-state index in [4.69, 9.17) is 11.6 Å². The minimum atomic E-state index is -4.76. The fourth-order valence-electron chi connectivity index (χ4n) is 2.72. The highest BCUT2D eigenvalue weighted by Gasteiger charge is 2.40. The van der Waals surface area contributed by atoms with Gasteiger partial charge in [-0.15, -0.1) is 0 Å². The van der Waals surface area contributed by atoms with Crippen LogP contribution in [0, 0.1) is 5.92 Å². The van der Waals surface area contributed by atoms with Crippen molar-refractivity contribution in [1.29, 1.82) is 0 Å². The van der Waals surface area contributed by atoms with Gasteiger partial charge in [-0.3, -0.25) is 9.48 Å². The topological polar surface area (TPSA) is 64.7 Å². The van der Waals surface area contributed by atoms with Gasteiger partial charge in [0, 0.05) is 30.5 Å². The molecule has 2 heterocycles. The van der Waals surface area contributed by atoms with E-state index in [1.807, 2.05) is 6.92 Å². The maximum atomic E-state index is 13.6. The molecule has 0 radical (unpaired) electrons. The first-order valence-electron chi connectivity index (χ1n) is 8.42. The summed E-state index contributed by atoms with van der Waals surface area (Å²) in [4.78, 5) is 12.4. The Hall–Kier alpha value is -2.81. The van der Waals surface area contributed by atoms with Gasteiger partial charge in [0.05, 0.1) is 17.4 Å². The lowest BCUT2D eigenvalue weighted by Crippen LogP contribution is -2.31. The van der Waals surface area contributed by atoms with Crippen molar-refractivity contribution in [2.45, 2.75) is 19.6 Å². The number of hydrogen-bond acceptors (Lipinski definition) is 3. The fourth-order valence-corrected chi connectivity index (χ4v) is 2.85. The molecule has 1 atom stereocenters. The predicted octanol–water partition coefficient (Wildman–Crippen LogP) is 3.81. The maximum absolute atomic E-state index is 13.6. The summed E-state index contributed by atoms with van der Waals surface area (Å²) >= 11 is 5.78. The van der Waals surface area contributed by atoms with Gasteiger partial charge in [-0.25, -0.2) is 4.68 Å². The van der Waals surface area contributed by atoms with E-state index in [0.717, 1.165) is 6.20 Å². The van der Waals surface area contributed by atoms with E-state index in [2.05, 4.69) is 15.5 Å². The van der Waals surface area contributed by atoms with Crippen LogP contribution < -0.4 is 5.32 Å². The highest BCUT2D eigenvalue weighted by molar-refractivity contribution is 6.30. The summed E-state index contributed by atoms with van der Waals surface area (Å²) in [6.45, 7) is 2.59. The highest BCUT2D eigenvalue weighted by Crippen LogP contribution is 2.33. The second-order valence-electron chi connectivity index (χ2n) is 6.34. The number of hydrogen-bond donors (Lipinski definition) is 1. The van der Waals surface area contributed by atoms with Crippen LogP contribution in [0.3, 0.4) is 0 Å². The van der Waals surface area contributed by atoms with Crippen molar-refractivity contribution in [1.82, 2.24) is 24.9 Å². The summed E-state index contributed by atoms with van der Waals surface area (Å²) in [5.41, 5.74) is -1.51. The molecule has 3 rings (SSSR count). The molecule has 0 bridgehead atoms. The minimum Gasteiger partial charge on any atom is -0.352 e. The van der Waals surface area contributed by atoms with Crippen LogP contribution in [0.15, 0.2) is 48.9 Å². The summed E-state index contributed by atoms with van der Waals surface area (Å²) in [6.07, 6.45) is -0.434. The van der Waals surface area contributed by atoms with Crippen LogP contribution in [0.5, 0.6) is 0 Å². The molecule has 1 N–H and O–H groups in total. The first kappa shape index (κ1) is 19.9. The quantitative estimate of drug-likeness (QED) is 0.671. The van der Waals surface area contributed by atoms with Crippen molar-refractivity contribution >= 4 is 17.5 Å². The molecule has 0 aliphatic heterocycles. The smallest absolute Gasteiger partial charge is 0.352 e. The summed E-state index contributed by atoms with van der Waals surface area (Å²) < 4.78 is 43.3. The van der Waals surface area contributed by atoms with Crippen molar-refractivity contribution < 1.29 is 18.0 Å². The molecule has 148 valence electrons. The molecule has 1 unspecified atom stereocenters.